The fourth-order valence-corrected chi connectivity index (χ4v) is 5.81. The fraction of sp³-hybridized carbons (Fsp3) is 0.278. The molecule has 0 saturated carbocycles. The zero-order valence-corrected chi connectivity index (χ0v) is 25.9. The van der Waals surface area contributed by atoms with Crippen LogP contribution in [0.15, 0.2) is 97.2 Å². The van der Waals surface area contributed by atoms with Crippen LogP contribution in [0.5, 0.6) is 0 Å². The van der Waals surface area contributed by atoms with Crippen LogP contribution in [0.1, 0.15) is 72.7 Å². The van der Waals surface area contributed by atoms with Crippen LogP contribution in [0.25, 0.3) is 11.0 Å². The highest BCUT2D eigenvalue weighted by Gasteiger charge is 2.30. The van der Waals surface area contributed by atoms with E-state index in [1.807, 2.05) is 112 Å². The number of amides is 1. The molecule has 0 bridgehead atoms. The number of hydrazine groups is 1. The van der Waals surface area contributed by atoms with E-state index in [1.165, 1.54) is 5.56 Å². The molecule has 45 heavy (non-hydrogen) atoms. The van der Waals surface area contributed by atoms with Crippen molar-refractivity contribution in [3.8, 4) is 0 Å². The van der Waals surface area contributed by atoms with Crippen LogP contribution >= 0.6 is 0 Å². The van der Waals surface area contributed by atoms with Crippen LogP contribution in [-0.2, 0) is 24.2 Å². The number of ether oxygens (including phenoxy) is 1. The SMILES string of the molecule is CC(C)(C)OC(=O)n1c(CN(Cc2ccc(C(=O)NNc3ccccc3)cc2)C2CCCc3cccnc32)nc2ccccc21. The van der Waals surface area contributed by atoms with Gasteiger partial charge in [-0.05, 0) is 93.6 Å². The second-order valence-electron chi connectivity index (χ2n) is 12.3. The molecule has 1 amide bonds. The standard InChI is InChI=1S/C36H38N6O3/c1-36(2,3)45-35(44)42-30-16-8-7-15-29(30)38-32(42)24-41(31-17-9-11-26-12-10-22-37-33(26)31)23-25-18-20-27(21-19-25)34(43)40-39-28-13-5-4-6-14-28/h4-8,10,12-16,18-22,31,39H,9,11,17,23-24H2,1-3H3,(H,40,43). The molecule has 0 fully saturated rings. The summed E-state index contributed by atoms with van der Waals surface area (Å²) in [6, 6.07) is 28.9. The van der Waals surface area contributed by atoms with Gasteiger partial charge in [-0.2, -0.15) is 0 Å². The normalized spacial score (nSPS) is 14.6. The Labute approximate surface area is 263 Å². The number of aryl methyl sites for hydroxylation is 1. The third-order valence-corrected chi connectivity index (χ3v) is 7.85. The predicted molar refractivity (Wildman–Crippen MR) is 175 cm³/mol. The average molecular weight is 603 g/mol. The summed E-state index contributed by atoms with van der Waals surface area (Å²) in [5.74, 6) is 0.384. The number of aromatic nitrogens is 3. The Balaban J connectivity index is 1.30. The van der Waals surface area contributed by atoms with E-state index in [9.17, 15) is 9.59 Å². The molecule has 5 aromatic rings. The van der Waals surface area contributed by atoms with Gasteiger partial charge in [0.25, 0.3) is 5.91 Å². The van der Waals surface area contributed by atoms with Crippen molar-refractivity contribution >= 4 is 28.7 Å². The van der Waals surface area contributed by atoms with E-state index >= 15 is 0 Å². The summed E-state index contributed by atoms with van der Waals surface area (Å²) < 4.78 is 7.43. The average Bonchev–Trinajstić information content (AvgIpc) is 3.41. The molecule has 1 unspecified atom stereocenters. The van der Waals surface area contributed by atoms with Crippen LogP contribution in [0.4, 0.5) is 10.5 Å². The molecule has 2 aromatic heterocycles. The minimum Gasteiger partial charge on any atom is -0.443 e. The van der Waals surface area contributed by atoms with Crippen molar-refractivity contribution in [2.24, 2.45) is 0 Å². The summed E-state index contributed by atoms with van der Waals surface area (Å²) in [6.07, 6.45) is 4.36. The van der Waals surface area contributed by atoms with Gasteiger partial charge in [-0.3, -0.25) is 25.5 Å². The van der Waals surface area contributed by atoms with Crippen molar-refractivity contribution in [1.82, 2.24) is 24.9 Å². The van der Waals surface area contributed by atoms with Gasteiger partial charge < -0.3 is 4.74 Å². The first-order valence-corrected chi connectivity index (χ1v) is 15.3. The molecule has 9 heteroatoms. The smallest absolute Gasteiger partial charge is 0.420 e. The van der Waals surface area contributed by atoms with Gasteiger partial charge in [0, 0.05) is 18.3 Å². The number of fused-ring (bicyclic) bond motifs is 2. The highest BCUT2D eigenvalue weighted by Crippen LogP contribution is 2.35. The van der Waals surface area contributed by atoms with Crippen LogP contribution in [0.2, 0.25) is 0 Å². The summed E-state index contributed by atoms with van der Waals surface area (Å²) in [4.78, 5) is 38.4. The van der Waals surface area contributed by atoms with Crippen LogP contribution < -0.4 is 10.9 Å². The maximum atomic E-state index is 13.5. The van der Waals surface area contributed by atoms with Gasteiger partial charge in [-0.15, -0.1) is 0 Å². The van der Waals surface area contributed by atoms with Gasteiger partial charge in [0.1, 0.15) is 11.4 Å². The number of anilines is 1. The number of hydrogen-bond acceptors (Lipinski definition) is 7. The lowest BCUT2D eigenvalue weighted by atomic mass is 9.90. The number of nitrogens with one attached hydrogen (secondary N) is 2. The van der Waals surface area contributed by atoms with Crippen molar-refractivity contribution in [1.29, 1.82) is 0 Å². The highest BCUT2D eigenvalue weighted by molar-refractivity contribution is 5.94. The molecule has 230 valence electrons. The van der Waals surface area contributed by atoms with Crippen molar-refractivity contribution in [2.45, 2.75) is 64.8 Å². The van der Waals surface area contributed by atoms with Gasteiger partial charge in [-0.25, -0.2) is 14.3 Å². The molecule has 2 N–H and O–H groups in total. The molecule has 1 aliphatic carbocycles. The van der Waals surface area contributed by atoms with Gasteiger partial charge in [0.15, 0.2) is 0 Å². The first kappa shape index (κ1) is 30.0. The van der Waals surface area contributed by atoms with Crippen LogP contribution in [-0.4, -0.2) is 37.0 Å². The molecule has 0 saturated heterocycles. The quantitative estimate of drug-likeness (QED) is 0.184. The Morgan fingerprint density at radius 3 is 2.47 bits per heavy atom. The number of para-hydroxylation sites is 3. The summed E-state index contributed by atoms with van der Waals surface area (Å²) in [5, 5.41) is 0. The van der Waals surface area contributed by atoms with Gasteiger partial charge in [0.05, 0.1) is 35.0 Å². The first-order chi connectivity index (χ1) is 21.7. The Morgan fingerprint density at radius 2 is 1.69 bits per heavy atom. The maximum Gasteiger partial charge on any atom is 0.420 e. The third kappa shape index (κ3) is 7.05. The van der Waals surface area contributed by atoms with Crippen molar-refractivity contribution < 1.29 is 14.3 Å². The highest BCUT2D eigenvalue weighted by atomic mass is 16.6. The molecule has 3 aromatic carbocycles. The van der Waals surface area contributed by atoms with E-state index in [-0.39, 0.29) is 11.9 Å². The van der Waals surface area contributed by atoms with Gasteiger partial charge in [-0.1, -0.05) is 48.5 Å². The minimum absolute atomic E-state index is 0.0277. The monoisotopic (exact) mass is 602 g/mol. The second kappa shape index (κ2) is 12.9. The van der Waals surface area contributed by atoms with E-state index in [1.54, 1.807) is 4.57 Å². The van der Waals surface area contributed by atoms with Crippen LogP contribution in [0.3, 0.4) is 0 Å². The first-order valence-electron chi connectivity index (χ1n) is 15.3. The molecule has 0 aliphatic heterocycles. The Bertz CT molecular complexity index is 1790. The number of carbonyl (C=O) groups excluding carboxylic acids is 2. The molecule has 1 atom stereocenters. The van der Waals surface area contributed by atoms with E-state index in [0.29, 0.717) is 30.0 Å². The molecule has 1 aliphatic rings. The van der Waals surface area contributed by atoms with Crippen molar-refractivity contribution in [2.75, 3.05) is 5.43 Å². The van der Waals surface area contributed by atoms with Crippen molar-refractivity contribution in [3.05, 3.63) is 125 Å². The molecule has 9 nitrogen and oxygen atoms in total. The topological polar surface area (TPSA) is 101 Å². The number of carbonyl (C=O) groups is 2. The lowest BCUT2D eigenvalue weighted by Crippen LogP contribution is -2.34. The number of benzene rings is 3. The maximum absolute atomic E-state index is 13.5. The Morgan fingerprint density at radius 1 is 0.933 bits per heavy atom. The summed E-state index contributed by atoms with van der Waals surface area (Å²) in [6.45, 7) is 6.56. The molecule has 6 rings (SSSR count). The summed E-state index contributed by atoms with van der Waals surface area (Å²) in [5.41, 5.74) is 11.2. The van der Waals surface area contributed by atoms with E-state index in [2.05, 4.69) is 21.8 Å². The Kier molecular flexibility index (Phi) is 8.62. The molecule has 0 spiro atoms. The predicted octanol–water partition coefficient (Wildman–Crippen LogP) is 7.05. The van der Waals surface area contributed by atoms with E-state index in [4.69, 9.17) is 14.7 Å². The molecular formula is C36H38N6O3. The lowest BCUT2D eigenvalue weighted by molar-refractivity contribution is 0.0529. The van der Waals surface area contributed by atoms with Gasteiger partial charge in [0.2, 0.25) is 0 Å². The number of pyridine rings is 1. The minimum atomic E-state index is -0.656. The van der Waals surface area contributed by atoms with Crippen LogP contribution in [0, 0.1) is 0 Å². The summed E-state index contributed by atoms with van der Waals surface area (Å²) in [7, 11) is 0. The number of nitrogens with zero attached hydrogens (tertiary/aromatic N) is 4. The second-order valence-corrected chi connectivity index (χ2v) is 12.3. The van der Waals surface area contributed by atoms with Gasteiger partial charge >= 0.3 is 6.09 Å². The molecule has 2 heterocycles. The zero-order chi connectivity index (χ0) is 31.4. The van der Waals surface area contributed by atoms with E-state index < -0.39 is 11.7 Å². The van der Waals surface area contributed by atoms with E-state index in [0.717, 1.165) is 41.7 Å². The number of hydrogen-bond donors (Lipinski definition) is 2. The zero-order valence-electron chi connectivity index (χ0n) is 25.9. The summed E-state index contributed by atoms with van der Waals surface area (Å²) >= 11 is 0. The molecule has 0 radical (unpaired) electrons. The largest absolute Gasteiger partial charge is 0.443 e. The number of rotatable bonds is 8. The lowest BCUT2D eigenvalue weighted by Gasteiger charge is -2.35. The Hall–Kier alpha value is -5.02. The third-order valence-electron chi connectivity index (χ3n) is 7.85. The number of imidazole rings is 1. The molecular weight excluding hydrogens is 564 g/mol. The fourth-order valence-electron chi connectivity index (χ4n) is 5.81. The van der Waals surface area contributed by atoms with Crippen molar-refractivity contribution in [3.63, 3.8) is 0 Å².